The summed E-state index contributed by atoms with van der Waals surface area (Å²) in [5.74, 6) is 0.815. The molecule has 0 radical (unpaired) electrons. The van der Waals surface area contributed by atoms with Gasteiger partial charge in [-0.2, -0.15) is 0 Å². The van der Waals surface area contributed by atoms with Crippen molar-refractivity contribution in [2.24, 2.45) is 11.7 Å². The third-order valence-electron chi connectivity index (χ3n) is 4.28. The Morgan fingerprint density at radius 3 is 2.59 bits per heavy atom. The zero-order valence-electron chi connectivity index (χ0n) is 11.0. The fourth-order valence-electron chi connectivity index (χ4n) is 2.83. The molecule has 1 aliphatic carbocycles. The quantitative estimate of drug-likeness (QED) is 0.892. The molecule has 2 nitrogen and oxygen atoms in total. The summed E-state index contributed by atoms with van der Waals surface area (Å²) in [5.41, 5.74) is 7.66. The summed E-state index contributed by atoms with van der Waals surface area (Å²) >= 11 is 1.76. The number of rotatable bonds is 3. The molecule has 1 fully saturated rings. The van der Waals surface area contributed by atoms with Gasteiger partial charge in [-0.25, -0.2) is 0 Å². The van der Waals surface area contributed by atoms with Crippen molar-refractivity contribution in [2.45, 2.75) is 51.2 Å². The molecule has 1 saturated carbocycles. The number of thiophene rings is 1. The van der Waals surface area contributed by atoms with Crippen molar-refractivity contribution in [1.82, 2.24) is 0 Å². The second-order valence-corrected chi connectivity index (χ2v) is 6.34. The predicted molar refractivity (Wildman–Crippen MR) is 73.4 cm³/mol. The lowest BCUT2D eigenvalue weighted by Gasteiger charge is -2.42. The van der Waals surface area contributed by atoms with Gasteiger partial charge in [0.05, 0.1) is 11.6 Å². The summed E-state index contributed by atoms with van der Waals surface area (Å²) in [6.45, 7) is 4.46. The van der Waals surface area contributed by atoms with Crippen molar-refractivity contribution < 1.29 is 4.74 Å². The molecule has 2 N–H and O–H groups in total. The highest BCUT2D eigenvalue weighted by atomic mass is 32.1. The molecular formula is C14H23NOS. The maximum Gasteiger partial charge on any atom is 0.0878 e. The Kier molecular flexibility index (Phi) is 3.91. The van der Waals surface area contributed by atoms with Gasteiger partial charge in [-0.15, -0.1) is 11.3 Å². The zero-order chi connectivity index (χ0) is 12.5. The van der Waals surface area contributed by atoms with E-state index in [0.29, 0.717) is 0 Å². The van der Waals surface area contributed by atoms with E-state index < -0.39 is 0 Å². The summed E-state index contributed by atoms with van der Waals surface area (Å²) < 4.78 is 5.85. The van der Waals surface area contributed by atoms with Crippen molar-refractivity contribution in [3.63, 3.8) is 0 Å². The third kappa shape index (κ3) is 2.42. The van der Waals surface area contributed by atoms with Gasteiger partial charge in [0.15, 0.2) is 0 Å². The van der Waals surface area contributed by atoms with Crippen LogP contribution in [0, 0.1) is 12.8 Å². The van der Waals surface area contributed by atoms with Gasteiger partial charge in [0, 0.05) is 12.0 Å². The van der Waals surface area contributed by atoms with Crippen LogP contribution in [0.25, 0.3) is 0 Å². The molecule has 2 rings (SSSR count). The van der Waals surface area contributed by atoms with Gasteiger partial charge in [0.1, 0.15) is 0 Å². The number of aryl methyl sites for hydroxylation is 1. The zero-order valence-corrected chi connectivity index (χ0v) is 11.8. The van der Waals surface area contributed by atoms with E-state index in [1.54, 1.807) is 11.3 Å². The Balaban J connectivity index is 2.21. The summed E-state index contributed by atoms with van der Waals surface area (Å²) in [7, 11) is 1.82. The molecule has 1 aromatic heterocycles. The van der Waals surface area contributed by atoms with E-state index in [2.05, 4.69) is 25.3 Å². The first-order valence-electron chi connectivity index (χ1n) is 6.44. The molecular weight excluding hydrogens is 230 g/mol. The normalized spacial score (nSPS) is 31.4. The molecule has 3 heteroatoms. The van der Waals surface area contributed by atoms with Crippen LogP contribution in [0.1, 0.15) is 49.1 Å². The predicted octanol–water partition coefficient (Wildman–Crippen LogP) is 3.65. The molecule has 96 valence electrons. The molecule has 1 heterocycles. The summed E-state index contributed by atoms with van der Waals surface area (Å²) in [6, 6.07) is 2.18. The van der Waals surface area contributed by atoms with E-state index in [4.69, 9.17) is 10.5 Å². The van der Waals surface area contributed by atoms with Gasteiger partial charge >= 0.3 is 0 Å². The lowest BCUT2D eigenvalue weighted by atomic mass is 9.75. The summed E-state index contributed by atoms with van der Waals surface area (Å²) in [6.07, 6.45) is 4.63. The molecule has 0 saturated heterocycles. The molecule has 1 aromatic rings. The van der Waals surface area contributed by atoms with Gasteiger partial charge in [-0.1, -0.05) is 6.92 Å². The number of hydrogen-bond donors (Lipinski definition) is 1. The summed E-state index contributed by atoms with van der Waals surface area (Å²) in [4.78, 5) is 1.29. The Morgan fingerprint density at radius 2 is 2.12 bits per heavy atom. The molecule has 0 aromatic carbocycles. The van der Waals surface area contributed by atoms with Crippen LogP contribution in [-0.4, -0.2) is 12.7 Å². The fourth-order valence-corrected chi connectivity index (χ4v) is 3.87. The van der Waals surface area contributed by atoms with E-state index in [1.807, 2.05) is 7.11 Å². The van der Waals surface area contributed by atoms with Crippen LogP contribution in [0.15, 0.2) is 11.4 Å². The minimum absolute atomic E-state index is 0.0278. The molecule has 0 amide bonds. The topological polar surface area (TPSA) is 35.2 Å². The maximum atomic E-state index is 6.49. The average Bonchev–Trinajstić information content (AvgIpc) is 2.76. The van der Waals surface area contributed by atoms with Crippen molar-refractivity contribution in [2.75, 3.05) is 7.11 Å². The fraction of sp³-hybridized carbons (Fsp3) is 0.714. The number of methoxy groups -OCH3 is 1. The van der Waals surface area contributed by atoms with Gasteiger partial charge < -0.3 is 10.5 Å². The van der Waals surface area contributed by atoms with E-state index >= 15 is 0 Å². The molecule has 1 atom stereocenters. The Hall–Kier alpha value is -0.380. The van der Waals surface area contributed by atoms with Gasteiger partial charge in [0.2, 0.25) is 0 Å². The molecule has 1 unspecified atom stereocenters. The first-order chi connectivity index (χ1) is 8.09. The minimum Gasteiger partial charge on any atom is -0.376 e. The summed E-state index contributed by atoms with van der Waals surface area (Å²) in [5, 5.41) is 2.12. The maximum absolute atomic E-state index is 6.49. The van der Waals surface area contributed by atoms with Crippen LogP contribution in [-0.2, 0) is 4.74 Å². The molecule has 0 aliphatic heterocycles. The average molecular weight is 253 g/mol. The first kappa shape index (κ1) is 13.1. The van der Waals surface area contributed by atoms with Gasteiger partial charge in [-0.05, 0) is 55.5 Å². The molecule has 0 bridgehead atoms. The number of ether oxygens (including phenoxy) is 1. The van der Waals surface area contributed by atoms with Crippen LogP contribution in [0.5, 0.6) is 0 Å². The largest absolute Gasteiger partial charge is 0.376 e. The Morgan fingerprint density at radius 1 is 1.47 bits per heavy atom. The SMILES string of the molecule is COC1(C(N)c2sccc2C)CCC(C)CC1. The van der Waals surface area contributed by atoms with Crippen LogP contribution >= 0.6 is 11.3 Å². The highest BCUT2D eigenvalue weighted by molar-refractivity contribution is 7.10. The highest BCUT2D eigenvalue weighted by Gasteiger charge is 2.41. The van der Waals surface area contributed by atoms with Crippen LogP contribution in [0.2, 0.25) is 0 Å². The van der Waals surface area contributed by atoms with Crippen molar-refractivity contribution in [1.29, 1.82) is 0 Å². The van der Waals surface area contributed by atoms with Crippen LogP contribution < -0.4 is 5.73 Å². The van der Waals surface area contributed by atoms with E-state index in [-0.39, 0.29) is 11.6 Å². The Labute approximate surface area is 108 Å². The van der Waals surface area contributed by atoms with Crippen molar-refractivity contribution in [3.05, 3.63) is 21.9 Å². The van der Waals surface area contributed by atoms with Crippen LogP contribution in [0.3, 0.4) is 0 Å². The third-order valence-corrected chi connectivity index (χ3v) is 5.38. The standard InChI is InChI=1S/C14H23NOS/c1-10-4-7-14(16-3,8-5-10)13(15)12-11(2)6-9-17-12/h6,9-10,13H,4-5,7-8,15H2,1-3H3. The van der Waals surface area contributed by atoms with Crippen molar-refractivity contribution >= 4 is 11.3 Å². The number of hydrogen-bond acceptors (Lipinski definition) is 3. The van der Waals surface area contributed by atoms with E-state index in [1.165, 1.54) is 23.3 Å². The van der Waals surface area contributed by atoms with Gasteiger partial charge in [-0.3, -0.25) is 0 Å². The van der Waals surface area contributed by atoms with E-state index in [9.17, 15) is 0 Å². The Bertz CT molecular complexity index is 366. The molecule has 0 spiro atoms. The second kappa shape index (κ2) is 5.09. The molecule has 17 heavy (non-hydrogen) atoms. The highest BCUT2D eigenvalue weighted by Crippen LogP contribution is 2.43. The second-order valence-electron chi connectivity index (χ2n) is 5.40. The first-order valence-corrected chi connectivity index (χ1v) is 7.32. The monoisotopic (exact) mass is 253 g/mol. The van der Waals surface area contributed by atoms with E-state index in [0.717, 1.165) is 18.8 Å². The van der Waals surface area contributed by atoms with Crippen LogP contribution in [0.4, 0.5) is 0 Å². The lowest BCUT2D eigenvalue weighted by molar-refractivity contribution is -0.0665. The number of nitrogens with two attached hydrogens (primary N) is 1. The minimum atomic E-state index is -0.137. The smallest absolute Gasteiger partial charge is 0.0878 e. The molecule has 1 aliphatic rings. The van der Waals surface area contributed by atoms with Gasteiger partial charge in [0.25, 0.3) is 0 Å². The lowest BCUT2D eigenvalue weighted by Crippen LogP contribution is -2.45. The van der Waals surface area contributed by atoms with Crippen molar-refractivity contribution in [3.8, 4) is 0 Å².